The third-order valence-electron chi connectivity index (χ3n) is 4.23. The summed E-state index contributed by atoms with van der Waals surface area (Å²) in [6.07, 6.45) is 1.03. The number of hydrogen-bond donors (Lipinski definition) is 2. The first-order valence-electron chi connectivity index (χ1n) is 8.61. The minimum absolute atomic E-state index is 0.0479. The van der Waals surface area contributed by atoms with Gasteiger partial charge in [0.25, 0.3) is 0 Å². The van der Waals surface area contributed by atoms with Gasteiger partial charge in [0.05, 0.1) is 10.1 Å². The smallest absolute Gasteiger partial charge is 0.237 e. The predicted octanol–water partition coefficient (Wildman–Crippen LogP) is 5.17. The Hall–Kier alpha value is -2.12. The van der Waals surface area contributed by atoms with Crippen molar-refractivity contribution in [3.8, 4) is 10.7 Å². The number of thiophene rings is 1. The lowest BCUT2D eigenvalue weighted by Crippen LogP contribution is -2.23. The first-order chi connectivity index (χ1) is 12.6. The number of anilines is 1. The second kappa shape index (κ2) is 8.51. The van der Waals surface area contributed by atoms with Crippen molar-refractivity contribution < 1.29 is 4.79 Å². The van der Waals surface area contributed by atoms with Gasteiger partial charge in [0.2, 0.25) is 11.1 Å². The fourth-order valence-corrected chi connectivity index (χ4v) is 3.92. The van der Waals surface area contributed by atoms with Gasteiger partial charge in [0.1, 0.15) is 0 Å². The maximum Gasteiger partial charge on any atom is 0.237 e. The zero-order valence-electron chi connectivity index (χ0n) is 15.0. The molecule has 3 rings (SSSR count). The van der Waals surface area contributed by atoms with Crippen molar-refractivity contribution in [1.29, 1.82) is 0 Å². The van der Waals surface area contributed by atoms with Gasteiger partial charge in [0, 0.05) is 5.69 Å². The molecule has 2 N–H and O–H groups in total. The topological polar surface area (TPSA) is 70.7 Å². The van der Waals surface area contributed by atoms with Gasteiger partial charge >= 0.3 is 0 Å². The van der Waals surface area contributed by atoms with Crippen LogP contribution in [0.15, 0.2) is 46.9 Å². The van der Waals surface area contributed by atoms with E-state index in [0.29, 0.717) is 11.1 Å². The highest BCUT2D eigenvalue weighted by Crippen LogP contribution is 2.29. The highest BCUT2D eigenvalue weighted by Gasteiger charge is 2.19. The van der Waals surface area contributed by atoms with E-state index >= 15 is 0 Å². The van der Waals surface area contributed by atoms with Crippen molar-refractivity contribution in [2.45, 2.75) is 43.5 Å². The van der Waals surface area contributed by atoms with Gasteiger partial charge in [-0.2, -0.15) is 0 Å². The Labute approximate surface area is 161 Å². The lowest BCUT2D eigenvalue weighted by molar-refractivity contribution is -0.115. The van der Waals surface area contributed by atoms with Crippen LogP contribution in [0, 0.1) is 0 Å². The van der Waals surface area contributed by atoms with E-state index in [2.05, 4.69) is 40.4 Å². The second-order valence-corrected chi connectivity index (χ2v) is 8.35. The molecule has 2 heterocycles. The Balaban J connectivity index is 1.66. The summed E-state index contributed by atoms with van der Waals surface area (Å²) < 4.78 is 0. The van der Waals surface area contributed by atoms with Crippen LogP contribution in [0.3, 0.4) is 0 Å². The molecule has 0 aliphatic carbocycles. The fourth-order valence-electron chi connectivity index (χ4n) is 2.53. The number of benzene rings is 1. The minimum atomic E-state index is -0.299. The van der Waals surface area contributed by atoms with Crippen LogP contribution in [0.5, 0.6) is 0 Å². The van der Waals surface area contributed by atoms with Crippen LogP contribution in [-0.4, -0.2) is 26.3 Å². The van der Waals surface area contributed by atoms with Crippen molar-refractivity contribution in [3.63, 3.8) is 0 Å². The number of carbonyl (C=O) groups excluding carboxylic acids is 1. The molecule has 1 aromatic carbocycles. The van der Waals surface area contributed by atoms with E-state index in [0.717, 1.165) is 22.8 Å². The average molecular weight is 387 g/mol. The van der Waals surface area contributed by atoms with Gasteiger partial charge in [-0.1, -0.05) is 49.9 Å². The van der Waals surface area contributed by atoms with Crippen molar-refractivity contribution >= 4 is 34.7 Å². The molecular weight excluding hydrogens is 364 g/mol. The number of para-hydroxylation sites is 1. The Morgan fingerprint density at radius 3 is 2.81 bits per heavy atom. The lowest BCUT2D eigenvalue weighted by Gasteiger charge is -2.17. The van der Waals surface area contributed by atoms with E-state index in [9.17, 15) is 4.79 Å². The maximum atomic E-state index is 12.6. The van der Waals surface area contributed by atoms with Gasteiger partial charge in [-0.15, -0.1) is 16.4 Å². The number of rotatable bonds is 7. The Morgan fingerprint density at radius 1 is 1.27 bits per heavy atom. The van der Waals surface area contributed by atoms with Crippen LogP contribution in [-0.2, 0) is 4.79 Å². The van der Waals surface area contributed by atoms with Crippen LogP contribution >= 0.6 is 23.1 Å². The molecule has 0 aliphatic rings. The first-order valence-corrected chi connectivity index (χ1v) is 10.4. The minimum Gasteiger partial charge on any atom is -0.325 e. The first kappa shape index (κ1) is 18.7. The van der Waals surface area contributed by atoms with Gasteiger partial charge in [-0.05, 0) is 42.3 Å². The zero-order valence-corrected chi connectivity index (χ0v) is 16.7. The molecule has 0 saturated heterocycles. The number of aromatic nitrogens is 3. The van der Waals surface area contributed by atoms with Crippen LogP contribution in [0.4, 0.5) is 5.69 Å². The monoisotopic (exact) mass is 386 g/mol. The van der Waals surface area contributed by atoms with E-state index in [1.165, 1.54) is 17.3 Å². The molecule has 7 heteroatoms. The van der Waals surface area contributed by atoms with Gasteiger partial charge in [-0.3, -0.25) is 9.89 Å². The highest BCUT2D eigenvalue weighted by molar-refractivity contribution is 8.00. The second-order valence-electron chi connectivity index (χ2n) is 6.09. The van der Waals surface area contributed by atoms with Crippen molar-refractivity contribution in [3.05, 3.63) is 47.3 Å². The normalized spacial score (nSPS) is 13.3. The number of aromatic amines is 1. The fraction of sp³-hybridized carbons (Fsp3) is 0.316. The molecular formula is C19H22N4OS2. The molecule has 0 spiro atoms. The van der Waals surface area contributed by atoms with E-state index in [-0.39, 0.29) is 11.2 Å². The molecule has 0 aliphatic heterocycles. The maximum absolute atomic E-state index is 12.6. The Bertz CT molecular complexity index is 860. The summed E-state index contributed by atoms with van der Waals surface area (Å²) in [7, 11) is 0. The molecule has 2 aromatic heterocycles. The van der Waals surface area contributed by atoms with Gasteiger partial charge < -0.3 is 5.32 Å². The zero-order chi connectivity index (χ0) is 18.5. The molecule has 0 radical (unpaired) electrons. The number of amides is 1. The Kier molecular flexibility index (Phi) is 6.11. The third kappa shape index (κ3) is 4.34. The molecule has 136 valence electrons. The third-order valence-corrected chi connectivity index (χ3v) is 6.07. The summed E-state index contributed by atoms with van der Waals surface area (Å²) in [5.41, 5.74) is 2.05. The number of H-pyrrole nitrogens is 1. The van der Waals surface area contributed by atoms with Crippen LogP contribution in [0.25, 0.3) is 10.7 Å². The molecule has 26 heavy (non-hydrogen) atoms. The SMILES string of the molecule is CC[C@@H](C)c1ccccc1NC(=O)[C@@H](C)Sc1n[nH]c(-c2cccs2)n1. The Morgan fingerprint density at radius 2 is 2.08 bits per heavy atom. The summed E-state index contributed by atoms with van der Waals surface area (Å²) in [6, 6.07) is 11.9. The van der Waals surface area contributed by atoms with Gasteiger partial charge in [-0.25, -0.2) is 4.98 Å². The number of nitrogens with zero attached hydrogens (tertiary/aromatic N) is 2. The van der Waals surface area contributed by atoms with Crippen LogP contribution < -0.4 is 5.32 Å². The number of carbonyl (C=O) groups is 1. The number of thioether (sulfide) groups is 1. The van der Waals surface area contributed by atoms with Crippen molar-refractivity contribution in [2.75, 3.05) is 5.32 Å². The largest absolute Gasteiger partial charge is 0.325 e. The predicted molar refractivity (Wildman–Crippen MR) is 109 cm³/mol. The molecule has 0 bridgehead atoms. The summed E-state index contributed by atoms with van der Waals surface area (Å²) in [5.74, 6) is 1.08. The molecule has 0 fully saturated rings. The standard InChI is InChI=1S/C19H22N4OS2/c1-4-12(2)14-8-5-6-9-15(14)20-18(24)13(3)26-19-21-17(22-23-19)16-10-7-11-25-16/h5-13H,4H2,1-3H3,(H,20,24)(H,21,22,23)/t12-,13-/m1/s1. The van der Waals surface area contributed by atoms with E-state index in [4.69, 9.17) is 0 Å². The van der Waals surface area contributed by atoms with E-state index in [1.807, 2.05) is 42.6 Å². The van der Waals surface area contributed by atoms with Crippen molar-refractivity contribution in [1.82, 2.24) is 15.2 Å². The number of hydrogen-bond acceptors (Lipinski definition) is 5. The highest BCUT2D eigenvalue weighted by atomic mass is 32.2. The molecule has 5 nitrogen and oxygen atoms in total. The van der Waals surface area contributed by atoms with Crippen LogP contribution in [0.2, 0.25) is 0 Å². The van der Waals surface area contributed by atoms with Gasteiger partial charge in [0.15, 0.2) is 5.82 Å². The molecule has 3 aromatic rings. The summed E-state index contributed by atoms with van der Waals surface area (Å²) in [4.78, 5) is 18.1. The summed E-state index contributed by atoms with van der Waals surface area (Å²) in [5, 5.41) is 12.5. The van der Waals surface area contributed by atoms with Crippen molar-refractivity contribution in [2.24, 2.45) is 0 Å². The molecule has 0 saturated carbocycles. The molecule has 0 unspecified atom stereocenters. The quantitative estimate of drug-likeness (QED) is 0.550. The number of nitrogens with one attached hydrogen (secondary N) is 2. The molecule has 1 amide bonds. The van der Waals surface area contributed by atoms with E-state index < -0.39 is 0 Å². The summed E-state index contributed by atoms with van der Waals surface area (Å²) in [6.45, 7) is 6.19. The lowest BCUT2D eigenvalue weighted by atomic mass is 9.97. The molecule has 2 atom stereocenters. The average Bonchev–Trinajstić information content (AvgIpc) is 3.33. The van der Waals surface area contributed by atoms with E-state index in [1.54, 1.807) is 11.3 Å². The van der Waals surface area contributed by atoms with Crippen LogP contribution in [0.1, 0.15) is 38.7 Å². The summed E-state index contributed by atoms with van der Waals surface area (Å²) >= 11 is 2.95.